The topological polar surface area (TPSA) is 8.17 Å². The number of hydrogen-bond acceptors (Lipinski definition) is 1. The molecule has 0 saturated heterocycles. The summed E-state index contributed by atoms with van der Waals surface area (Å²) in [6.45, 7) is 0. The number of benzene rings is 7. The highest BCUT2D eigenvalue weighted by Crippen LogP contribution is 2.69. The van der Waals surface area contributed by atoms with Gasteiger partial charge in [0, 0.05) is 38.9 Å². The minimum atomic E-state index is 0.116. The SMILES string of the molecule is c1ccc(-n2c3ccccc3c3cc(N(c4ccc5c(c4)-c4ccccc4C5)c4ccc5c(c4)C4(c6ccccc6-5)C5CC6CC(C5)CC4C6)ccc32)cc1. The summed E-state index contributed by atoms with van der Waals surface area (Å²) >= 11 is 0. The summed E-state index contributed by atoms with van der Waals surface area (Å²) in [4.78, 5) is 2.57. The van der Waals surface area contributed by atoms with Crippen LogP contribution in [-0.4, -0.2) is 4.57 Å². The summed E-state index contributed by atoms with van der Waals surface area (Å²) in [6, 6.07) is 60.2. The van der Waals surface area contributed by atoms with Crippen molar-refractivity contribution in [2.75, 3.05) is 4.90 Å². The average molecular weight is 707 g/mol. The van der Waals surface area contributed by atoms with Gasteiger partial charge < -0.3 is 9.47 Å². The molecule has 0 radical (unpaired) electrons. The van der Waals surface area contributed by atoms with Gasteiger partial charge in [0.05, 0.1) is 11.0 Å². The molecule has 6 aliphatic carbocycles. The second kappa shape index (κ2) is 11.1. The lowest BCUT2D eigenvalue weighted by Crippen LogP contribution is -2.55. The minimum Gasteiger partial charge on any atom is -0.310 e. The Balaban J connectivity index is 1.05. The van der Waals surface area contributed by atoms with Gasteiger partial charge in [-0.15, -0.1) is 0 Å². The molecule has 264 valence electrons. The van der Waals surface area contributed by atoms with Crippen LogP contribution >= 0.6 is 0 Å². The highest BCUT2D eigenvalue weighted by Gasteiger charge is 2.61. The Morgan fingerprint density at radius 1 is 0.436 bits per heavy atom. The first-order chi connectivity index (χ1) is 27.2. The van der Waals surface area contributed by atoms with Gasteiger partial charge in [0.2, 0.25) is 0 Å². The van der Waals surface area contributed by atoms with Gasteiger partial charge in [-0.3, -0.25) is 0 Å². The Labute approximate surface area is 322 Å². The highest BCUT2D eigenvalue weighted by atomic mass is 15.1. The first-order valence-corrected chi connectivity index (χ1v) is 20.6. The fourth-order valence-corrected chi connectivity index (χ4v) is 12.9. The average Bonchev–Trinajstić information content (AvgIpc) is 3.86. The second-order valence-corrected chi connectivity index (χ2v) is 17.3. The first-order valence-electron chi connectivity index (χ1n) is 20.6. The van der Waals surface area contributed by atoms with Crippen molar-refractivity contribution in [2.45, 2.75) is 43.9 Å². The zero-order chi connectivity index (χ0) is 35.8. The zero-order valence-electron chi connectivity index (χ0n) is 31.0. The van der Waals surface area contributed by atoms with E-state index in [4.69, 9.17) is 0 Å². The monoisotopic (exact) mass is 706 g/mol. The fraction of sp³-hybridized carbons (Fsp3) is 0.208. The minimum absolute atomic E-state index is 0.116. The maximum absolute atomic E-state index is 2.65. The van der Waals surface area contributed by atoms with Gasteiger partial charge >= 0.3 is 0 Å². The summed E-state index contributed by atoms with van der Waals surface area (Å²) in [7, 11) is 0. The Hall–Kier alpha value is -5.86. The van der Waals surface area contributed by atoms with Crippen LogP contribution in [0.25, 0.3) is 49.7 Å². The molecule has 4 fully saturated rings. The van der Waals surface area contributed by atoms with Gasteiger partial charge in [-0.2, -0.15) is 0 Å². The van der Waals surface area contributed by atoms with E-state index in [-0.39, 0.29) is 5.41 Å². The molecule has 0 N–H and O–H groups in total. The molecule has 4 bridgehead atoms. The van der Waals surface area contributed by atoms with Gasteiger partial charge in [0.15, 0.2) is 0 Å². The molecule has 0 unspecified atom stereocenters. The van der Waals surface area contributed by atoms with Crippen LogP contribution in [-0.2, 0) is 11.8 Å². The Morgan fingerprint density at radius 3 is 1.91 bits per heavy atom. The molecule has 1 aromatic heterocycles. The Morgan fingerprint density at radius 2 is 1.05 bits per heavy atom. The molecule has 7 aromatic carbocycles. The number of aromatic nitrogens is 1. The summed E-state index contributed by atoms with van der Waals surface area (Å²) in [5, 5.41) is 2.56. The molecule has 14 rings (SSSR count). The number of nitrogens with zero attached hydrogens (tertiary/aromatic N) is 2. The molecule has 55 heavy (non-hydrogen) atoms. The molecule has 2 heteroatoms. The summed E-state index contributed by atoms with van der Waals surface area (Å²) in [5.74, 6) is 3.30. The second-order valence-electron chi connectivity index (χ2n) is 17.3. The number of anilines is 3. The third-order valence-electron chi connectivity index (χ3n) is 14.8. The largest absolute Gasteiger partial charge is 0.310 e. The quantitative estimate of drug-likeness (QED) is 0.177. The summed E-state index contributed by atoms with van der Waals surface area (Å²) in [6.07, 6.45) is 8.03. The zero-order valence-corrected chi connectivity index (χ0v) is 31.0. The predicted molar refractivity (Wildman–Crippen MR) is 227 cm³/mol. The standard InChI is InChI=1S/C53H42N2/c1-2-11-39(12-3-1)55-51-17-9-7-15-46(51)48-31-41(21-23-52(48)55)54(40-19-18-36-29-35-10-4-5-13-43(35)47(36)30-40)42-20-22-45-44-14-6-8-16-49(44)53(50(45)32-42)37-25-33-24-34(27-37)28-38(53)26-33/h1-23,30-34,37-38H,24-29H2. The van der Waals surface area contributed by atoms with Crippen molar-refractivity contribution in [3.8, 4) is 27.9 Å². The fourth-order valence-electron chi connectivity index (χ4n) is 12.9. The van der Waals surface area contributed by atoms with Crippen LogP contribution < -0.4 is 4.90 Å². The van der Waals surface area contributed by atoms with E-state index < -0.39 is 0 Å². The summed E-state index contributed by atoms with van der Waals surface area (Å²) in [5.41, 5.74) is 19.2. The Bertz CT molecular complexity index is 2850. The first kappa shape index (κ1) is 30.5. The van der Waals surface area contributed by atoms with E-state index in [1.165, 1.54) is 110 Å². The van der Waals surface area contributed by atoms with Crippen LogP contribution in [0.15, 0.2) is 158 Å². The van der Waals surface area contributed by atoms with Crippen LogP contribution in [0.4, 0.5) is 17.1 Å². The van der Waals surface area contributed by atoms with E-state index in [9.17, 15) is 0 Å². The van der Waals surface area contributed by atoms with Crippen molar-refractivity contribution >= 4 is 38.9 Å². The molecule has 6 aliphatic rings. The van der Waals surface area contributed by atoms with E-state index >= 15 is 0 Å². The van der Waals surface area contributed by atoms with E-state index in [2.05, 4.69) is 167 Å². The lowest BCUT2D eigenvalue weighted by atomic mass is 9.43. The highest BCUT2D eigenvalue weighted by molar-refractivity contribution is 6.10. The smallest absolute Gasteiger partial charge is 0.0542 e. The third kappa shape index (κ3) is 4.10. The maximum atomic E-state index is 2.65. The molecule has 0 atom stereocenters. The lowest BCUT2D eigenvalue weighted by molar-refractivity contribution is -0.0399. The van der Waals surface area contributed by atoms with Crippen molar-refractivity contribution in [2.24, 2.45) is 23.7 Å². The molecule has 1 heterocycles. The molecular weight excluding hydrogens is 665 g/mol. The van der Waals surface area contributed by atoms with Crippen molar-refractivity contribution in [1.82, 2.24) is 4.57 Å². The molecular formula is C53H42N2. The van der Waals surface area contributed by atoms with Crippen molar-refractivity contribution in [1.29, 1.82) is 0 Å². The van der Waals surface area contributed by atoms with Crippen LogP contribution in [0.1, 0.15) is 54.4 Å². The van der Waals surface area contributed by atoms with Gasteiger partial charge in [0.1, 0.15) is 0 Å². The van der Waals surface area contributed by atoms with Gasteiger partial charge in [-0.1, -0.05) is 97.1 Å². The lowest BCUT2D eigenvalue weighted by Gasteiger charge is -2.61. The molecule has 4 saturated carbocycles. The van der Waals surface area contributed by atoms with Gasteiger partial charge in [0.25, 0.3) is 0 Å². The van der Waals surface area contributed by atoms with E-state index in [0.29, 0.717) is 0 Å². The number of rotatable bonds is 4. The van der Waals surface area contributed by atoms with Crippen LogP contribution in [0.2, 0.25) is 0 Å². The van der Waals surface area contributed by atoms with Gasteiger partial charge in [-0.25, -0.2) is 0 Å². The normalized spacial score (nSPS) is 23.6. The van der Waals surface area contributed by atoms with Crippen molar-refractivity contribution in [3.05, 3.63) is 180 Å². The summed E-state index contributed by atoms with van der Waals surface area (Å²) < 4.78 is 2.42. The molecule has 0 amide bonds. The van der Waals surface area contributed by atoms with Crippen molar-refractivity contribution < 1.29 is 0 Å². The number of hydrogen-bond donors (Lipinski definition) is 0. The van der Waals surface area contributed by atoms with Crippen molar-refractivity contribution in [3.63, 3.8) is 0 Å². The van der Waals surface area contributed by atoms with Crippen LogP contribution in [0.3, 0.4) is 0 Å². The molecule has 0 aliphatic heterocycles. The molecule has 8 aromatic rings. The molecule has 2 nitrogen and oxygen atoms in total. The predicted octanol–water partition coefficient (Wildman–Crippen LogP) is 13.5. The van der Waals surface area contributed by atoms with Gasteiger partial charge in [-0.05, 0) is 167 Å². The Kier molecular flexibility index (Phi) is 6.15. The van der Waals surface area contributed by atoms with E-state index in [0.717, 1.165) is 30.1 Å². The maximum Gasteiger partial charge on any atom is 0.0542 e. The van der Waals surface area contributed by atoms with Crippen LogP contribution in [0.5, 0.6) is 0 Å². The van der Waals surface area contributed by atoms with E-state index in [1.54, 1.807) is 11.1 Å². The molecule has 1 spiro atoms. The van der Waals surface area contributed by atoms with E-state index in [1.807, 2.05) is 0 Å². The number of fused-ring (bicyclic) bond motifs is 9. The number of para-hydroxylation sites is 2. The third-order valence-corrected chi connectivity index (χ3v) is 14.8. The van der Waals surface area contributed by atoms with Crippen LogP contribution in [0, 0.1) is 23.7 Å².